The van der Waals surface area contributed by atoms with Gasteiger partial charge in [-0.15, -0.1) is 0 Å². The average molecular weight is 392 g/mol. The molecule has 1 heterocycles. The Balaban J connectivity index is 1.78. The van der Waals surface area contributed by atoms with Crippen LogP contribution in [0.1, 0.15) is 38.9 Å². The lowest BCUT2D eigenvalue weighted by Gasteiger charge is -2.08. The first-order valence-corrected chi connectivity index (χ1v) is 8.77. The maximum atomic E-state index is 13.4. The number of carbonyl (C=O) groups excluding carboxylic acids is 2. The molecule has 0 atom stereocenters. The van der Waals surface area contributed by atoms with Gasteiger partial charge in [-0.25, -0.2) is 13.9 Å². The molecule has 0 aliphatic rings. The number of hydrogen-bond acceptors (Lipinski definition) is 5. The first kappa shape index (κ1) is 19.8. The zero-order valence-corrected chi connectivity index (χ0v) is 15.8. The lowest BCUT2D eigenvalue weighted by molar-refractivity contribution is 0.0525. The van der Waals surface area contributed by atoms with E-state index >= 15 is 0 Å². The van der Waals surface area contributed by atoms with Crippen LogP contribution in [-0.2, 0) is 4.74 Å². The second kappa shape index (κ2) is 8.35. The van der Waals surface area contributed by atoms with Crippen molar-refractivity contribution < 1.29 is 18.7 Å². The van der Waals surface area contributed by atoms with Gasteiger partial charge < -0.3 is 10.1 Å². The van der Waals surface area contributed by atoms with Gasteiger partial charge in [0, 0.05) is 11.3 Å². The highest BCUT2D eigenvalue weighted by molar-refractivity contribution is 6.04. The molecule has 1 N–H and O–H groups in total. The van der Waals surface area contributed by atoms with Gasteiger partial charge in [-0.05, 0) is 56.3 Å². The van der Waals surface area contributed by atoms with Crippen molar-refractivity contribution >= 4 is 17.6 Å². The topological polar surface area (TPSA) is 97.0 Å². The molecule has 3 aromatic rings. The normalized spacial score (nSPS) is 10.3. The van der Waals surface area contributed by atoms with Crippen LogP contribution in [0.25, 0.3) is 5.69 Å². The Kier molecular flexibility index (Phi) is 5.69. The zero-order chi connectivity index (χ0) is 21.0. The molecule has 8 heteroatoms. The van der Waals surface area contributed by atoms with E-state index in [1.165, 1.54) is 18.3 Å². The van der Waals surface area contributed by atoms with Crippen LogP contribution in [0.5, 0.6) is 0 Å². The number of nitrogens with one attached hydrogen (secondary N) is 1. The lowest BCUT2D eigenvalue weighted by Crippen LogP contribution is -2.12. The fraction of sp³-hybridized carbons (Fsp3) is 0.143. The predicted molar refractivity (Wildman–Crippen MR) is 103 cm³/mol. The summed E-state index contributed by atoms with van der Waals surface area (Å²) in [6, 6.07) is 12.1. The summed E-state index contributed by atoms with van der Waals surface area (Å²) in [5.74, 6) is -1.49. The van der Waals surface area contributed by atoms with E-state index in [0.29, 0.717) is 28.2 Å². The number of ether oxygens (including phenoxy) is 1. The summed E-state index contributed by atoms with van der Waals surface area (Å²) in [7, 11) is 0. The second-order valence-corrected chi connectivity index (χ2v) is 6.08. The summed E-state index contributed by atoms with van der Waals surface area (Å²) in [5.41, 5.74) is 2.20. The van der Waals surface area contributed by atoms with Gasteiger partial charge in [0.2, 0.25) is 0 Å². The summed E-state index contributed by atoms with van der Waals surface area (Å²) in [6.07, 6.45) is 1.44. The van der Waals surface area contributed by atoms with Crippen molar-refractivity contribution in [3.63, 3.8) is 0 Å². The Morgan fingerprint density at radius 3 is 2.62 bits per heavy atom. The van der Waals surface area contributed by atoms with Gasteiger partial charge >= 0.3 is 5.97 Å². The third kappa shape index (κ3) is 4.14. The number of rotatable bonds is 5. The van der Waals surface area contributed by atoms with Crippen LogP contribution < -0.4 is 5.32 Å². The van der Waals surface area contributed by atoms with Gasteiger partial charge in [0.1, 0.15) is 17.4 Å². The molecule has 1 aromatic heterocycles. The van der Waals surface area contributed by atoms with Crippen LogP contribution in [0.15, 0.2) is 48.7 Å². The van der Waals surface area contributed by atoms with E-state index in [9.17, 15) is 14.0 Å². The van der Waals surface area contributed by atoms with E-state index < -0.39 is 17.7 Å². The maximum absolute atomic E-state index is 13.4. The summed E-state index contributed by atoms with van der Waals surface area (Å²) in [4.78, 5) is 24.3. The number of hydrogen-bond donors (Lipinski definition) is 1. The minimum atomic E-state index is -0.647. The standard InChI is InChI=1S/C21H17FN4O3/c1-3-29-21(28)18-12-24-26(13(18)2)17-7-4-14(5-8-17)20(27)25-16-6-9-19(22)15(10-16)11-23/h4-10,12H,3H2,1-2H3,(H,25,27). The molecule has 29 heavy (non-hydrogen) atoms. The fourth-order valence-electron chi connectivity index (χ4n) is 2.73. The molecule has 0 spiro atoms. The van der Waals surface area contributed by atoms with Gasteiger partial charge in [0.25, 0.3) is 5.91 Å². The summed E-state index contributed by atoms with van der Waals surface area (Å²) in [6.45, 7) is 3.76. The summed E-state index contributed by atoms with van der Waals surface area (Å²) >= 11 is 0. The number of esters is 1. The SMILES string of the molecule is CCOC(=O)c1cnn(-c2ccc(C(=O)Nc3ccc(F)c(C#N)c3)cc2)c1C. The molecule has 0 unspecified atom stereocenters. The van der Waals surface area contributed by atoms with Gasteiger partial charge in [0.05, 0.1) is 29.7 Å². The number of carbonyl (C=O) groups is 2. The Labute approximate surface area is 166 Å². The van der Waals surface area contributed by atoms with Crippen molar-refractivity contribution in [2.75, 3.05) is 11.9 Å². The molecule has 0 saturated heterocycles. The molecular weight excluding hydrogens is 375 g/mol. The molecule has 2 aromatic carbocycles. The van der Waals surface area contributed by atoms with Crippen LogP contribution in [0, 0.1) is 24.1 Å². The van der Waals surface area contributed by atoms with E-state index in [4.69, 9.17) is 10.00 Å². The van der Waals surface area contributed by atoms with Crippen molar-refractivity contribution in [2.24, 2.45) is 0 Å². The first-order chi connectivity index (χ1) is 13.9. The number of amides is 1. The Bertz CT molecular complexity index is 1110. The van der Waals surface area contributed by atoms with Crippen LogP contribution >= 0.6 is 0 Å². The second-order valence-electron chi connectivity index (χ2n) is 6.08. The molecule has 3 rings (SSSR count). The predicted octanol–water partition coefficient (Wildman–Crippen LogP) is 3.62. The summed E-state index contributed by atoms with van der Waals surface area (Å²) < 4.78 is 20.0. The molecule has 0 aliphatic heterocycles. The molecule has 0 radical (unpaired) electrons. The Hall–Kier alpha value is -3.99. The first-order valence-electron chi connectivity index (χ1n) is 8.77. The quantitative estimate of drug-likeness (QED) is 0.669. The van der Waals surface area contributed by atoms with E-state index in [1.54, 1.807) is 48.9 Å². The third-order valence-electron chi connectivity index (χ3n) is 4.22. The van der Waals surface area contributed by atoms with Crippen molar-refractivity contribution in [2.45, 2.75) is 13.8 Å². The molecule has 1 amide bonds. The highest BCUT2D eigenvalue weighted by Gasteiger charge is 2.16. The molecule has 0 saturated carbocycles. The highest BCUT2D eigenvalue weighted by Crippen LogP contribution is 2.18. The maximum Gasteiger partial charge on any atom is 0.341 e. The van der Waals surface area contributed by atoms with Gasteiger partial charge in [-0.1, -0.05) is 0 Å². The third-order valence-corrected chi connectivity index (χ3v) is 4.22. The smallest absolute Gasteiger partial charge is 0.341 e. The molecule has 7 nitrogen and oxygen atoms in total. The Morgan fingerprint density at radius 1 is 1.24 bits per heavy atom. The molecule has 0 fully saturated rings. The van der Waals surface area contributed by atoms with Crippen LogP contribution in [0.3, 0.4) is 0 Å². The van der Waals surface area contributed by atoms with Crippen LogP contribution in [0.4, 0.5) is 10.1 Å². The molecular formula is C21H17FN4O3. The van der Waals surface area contributed by atoms with Gasteiger partial charge in [-0.2, -0.15) is 10.4 Å². The van der Waals surface area contributed by atoms with Crippen LogP contribution in [-0.4, -0.2) is 28.3 Å². The fourth-order valence-corrected chi connectivity index (χ4v) is 2.73. The molecule has 0 aliphatic carbocycles. The highest BCUT2D eigenvalue weighted by atomic mass is 19.1. The summed E-state index contributed by atoms with van der Waals surface area (Å²) in [5, 5.41) is 15.7. The zero-order valence-electron chi connectivity index (χ0n) is 15.8. The molecule has 0 bridgehead atoms. The largest absolute Gasteiger partial charge is 0.462 e. The monoisotopic (exact) mass is 392 g/mol. The minimum absolute atomic E-state index is 0.148. The number of aromatic nitrogens is 2. The number of nitrogens with zero attached hydrogens (tertiary/aromatic N) is 3. The Morgan fingerprint density at radius 2 is 1.97 bits per heavy atom. The van der Waals surface area contributed by atoms with E-state index in [2.05, 4.69) is 10.4 Å². The van der Waals surface area contributed by atoms with Crippen molar-refractivity contribution in [3.8, 4) is 11.8 Å². The number of anilines is 1. The van der Waals surface area contributed by atoms with Gasteiger partial charge in [0.15, 0.2) is 0 Å². The lowest BCUT2D eigenvalue weighted by atomic mass is 10.1. The van der Waals surface area contributed by atoms with Crippen LogP contribution in [0.2, 0.25) is 0 Å². The molecule has 146 valence electrons. The van der Waals surface area contributed by atoms with E-state index in [-0.39, 0.29) is 12.2 Å². The van der Waals surface area contributed by atoms with E-state index in [1.807, 2.05) is 0 Å². The van der Waals surface area contributed by atoms with E-state index in [0.717, 1.165) is 6.07 Å². The van der Waals surface area contributed by atoms with Gasteiger partial charge in [-0.3, -0.25) is 4.79 Å². The number of halogens is 1. The van der Waals surface area contributed by atoms with Crippen molar-refractivity contribution in [1.29, 1.82) is 5.26 Å². The average Bonchev–Trinajstić information content (AvgIpc) is 3.11. The number of benzene rings is 2. The number of nitriles is 1. The van der Waals surface area contributed by atoms with Crippen molar-refractivity contribution in [3.05, 3.63) is 76.9 Å². The minimum Gasteiger partial charge on any atom is -0.462 e. The van der Waals surface area contributed by atoms with Crippen molar-refractivity contribution in [1.82, 2.24) is 9.78 Å².